The number of H-pyrrole nitrogens is 1. The molecular formula is C11H13N4O. The van der Waals surface area contributed by atoms with Crippen molar-refractivity contribution in [3.8, 4) is 5.75 Å². The predicted molar refractivity (Wildman–Crippen MR) is 57.9 cm³/mol. The van der Waals surface area contributed by atoms with Gasteiger partial charge in [0.15, 0.2) is 0 Å². The first-order valence-electron chi connectivity index (χ1n) is 5.27. The largest absolute Gasteiger partial charge is 0.493 e. The van der Waals surface area contributed by atoms with E-state index in [2.05, 4.69) is 26.7 Å². The smallest absolute Gasteiger partial charge is 0.148 e. The van der Waals surface area contributed by atoms with E-state index in [0.717, 1.165) is 30.8 Å². The van der Waals surface area contributed by atoms with Crippen LogP contribution in [0.15, 0.2) is 24.3 Å². The van der Waals surface area contributed by atoms with Crippen LogP contribution in [0.1, 0.15) is 18.7 Å². The molecule has 1 N–H and O–H groups in total. The van der Waals surface area contributed by atoms with Gasteiger partial charge in [-0.1, -0.05) is 18.2 Å². The lowest BCUT2D eigenvalue weighted by Gasteiger charge is -2.04. The minimum atomic E-state index is 0.697. The van der Waals surface area contributed by atoms with E-state index in [0.29, 0.717) is 6.61 Å². The van der Waals surface area contributed by atoms with Crippen molar-refractivity contribution >= 4 is 0 Å². The number of hydrogen-bond donors (Lipinski definition) is 1. The molecule has 0 bridgehead atoms. The van der Waals surface area contributed by atoms with Crippen LogP contribution >= 0.6 is 0 Å². The zero-order valence-electron chi connectivity index (χ0n) is 8.89. The normalized spacial score (nSPS) is 10.2. The van der Waals surface area contributed by atoms with Crippen molar-refractivity contribution in [2.45, 2.75) is 19.3 Å². The Balaban J connectivity index is 1.59. The number of rotatable bonds is 6. The van der Waals surface area contributed by atoms with Gasteiger partial charge in [0.1, 0.15) is 11.6 Å². The Morgan fingerprint density at radius 3 is 3.06 bits per heavy atom. The van der Waals surface area contributed by atoms with E-state index in [9.17, 15) is 0 Å². The van der Waals surface area contributed by atoms with E-state index in [1.165, 1.54) is 0 Å². The molecular weight excluding hydrogens is 204 g/mol. The number of para-hydroxylation sites is 1. The Bertz CT molecular complexity index is 388. The molecule has 0 aliphatic heterocycles. The zero-order chi connectivity index (χ0) is 11.1. The zero-order valence-corrected chi connectivity index (χ0v) is 8.89. The molecule has 5 nitrogen and oxygen atoms in total. The van der Waals surface area contributed by atoms with E-state index >= 15 is 0 Å². The van der Waals surface area contributed by atoms with Crippen molar-refractivity contribution in [1.82, 2.24) is 20.6 Å². The summed E-state index contributed by atoms with van der Waals surface area (Å²) in [5.74, 6) is 1.62. The van der Waals surface area contributed by atoms with Gasteiger partial charge in [0.25, 0.3) is 0 Å². The van der Waals surface area contributed by atoms with E-state index in [1.807, 2.05) is 24.3 Å². The SMILES string of the molecule is [c]1ccccc1OCCCCc1nnn[nH]1. The second kappa shape index (κ2) is 5.85. The summed E-state index contributed by atoms with van der Waals surface area (Å²) in [6.07, 6.45) is 2.84. The van der Waals surface area contributed by atoms with Crippen LogP contribution in [0.25, 0.3) is 0 Å². The average Bonchev–Trinajstić information content (AvgIpc) is 2.83. The molecule has 2 aromatic rings. The van der Waals surface area contributed by atoms with Gasteiger partial charge >= 0.3 is 0 Å². The van der Waals surface area contributed by atoms with E-state index in [4.69, 9.17) is 4.74 Å². The van der Waals surface area contributed by atoms with E-state index in [1.54, 1.807) is 0 Å². The molecule has 0 fully saturated rings. The van der Waals surface area contributed by atoms with Crippen LogP contribution in [0.2, 0.25) is 0 Å². The van der Waals surface area contributed by atoms with Gasteiger partial charge < -0.3 is 4.74 Å². The number of aromatic nitrogens is 4. The molecule has 0 aliphatic rings. The summed E-state index contributed by atoms with van der Waals surface area (Å²) in [6, 6.07) is 10.6. The number of tetrazole rings is 1. The first kappa shape index (κ1) is 10.6. The summed E-state index contributed by atoms with van der Waals surface area (Å²) in [5, 5.41) is 13.6. The number of unbranched alkanes of at least 4 members (excludes halogenated alkanes) is 1. The molecule has 0 aliphatic carbocycles. The lowest BCUT2D eigenvalue weighted by atomic mass is 10.2. The lowest BCUT2D eigenvalue weighted by Crippen LogP contribution is -1.98. The molecule has 0 unspecified atom stereocenters. The minimum absolute atomic E-state index is 0.697. The Kier molecular flexibility index (Phi) is 3.87. The van der Waals surface area contributed by atoms with Gasteiger partial charge in [0.05, 0.1) is 6.61 Å². The fourth-order valence-electron chi connectivity index (χ4n) is 1.33. The molecule has 0 spiro atoms. The molecule has 5 heteroatoms. The van der Waals surface area contributed by atoms with Crippen molar-refractivity contribution in [1.29, 1.82) is 0 Å². The molecule has 0 atom stereocenters. The molecule has 0 amide bonds. The standard InChI is InChI=1S/C11H13N4O/c1-2-6-10(7-3-1)16-9-5-4-8-11-12-14-15-13-11/h1-3,6H,4-5,8-9H2,(H,12,13,14,15). The molecule has 0 saturated heterocycles. The predicted octanol–water partition coefficient (Wildman–Crippen LogP) is 1.40. The number of hydrogen-bond acceptors (Lipinski definition) is 4. The van der Waals surface area contributed by atoms with Crippen molar-refractivity contribution < 1.29 is 4.74 Å². The van der Waals surface area contributed by atoms with Gasteiger partial charge in [-0.3, -0.25) is 0 Å². The molecule has 2 rings (SSSR count). The van der Waals surface area contributed by atoms with E-state index in [-0.39, 0.29) is 0 Å². The second-order valence-corrected chi connectivity index (χ2v) is 3.38. The van der Waals surface area contributed by atoms with Crippen LogP contribution in [0.4, 0.5) is 0 Å². The van der Waals surface area contributed by atoms with Gasteiger partial charge in [0.2, 0.25) is 0 Å². The Hall–Kier alpha value is -1.91. The van der Waals surface area contributed by atoms with Crippen LogP contribution in [0, 0.1) is 6.07 Å². The van der Waals surface area contributed by atoms with Gasteiger partial charge in [0, 0.05) is 12.5 Å². The van der Waals surface area contributed by atoms with Crippen LogP contribution < -0.4 is 4.74 Å². The molecule has 0 saturated carbocycles. The van der Waals surface area contributed by atoms with Gasteiger partial charge in [-0.15, -0.1) is 5.10 Å². The Morgan fingerprint density at radius 2 is 2.31 bits per heavy atom. The molecule has 1 aromatic carbocycles. The molecule has 1 heterocycles. The summed E-state index contributed by atoms with van der Waals surface area (Å²) < 4.78 is 5.51. The van der Waals surface area contributed by atoms with Gasteiger partial charge in [-0.2, -0.15) is 0 Å². The maximum absolute atomic E-state index is 5.51. The second-order valence-electron chi connectivity index (χ2n) is 3.38. The monoisotopic (exact) mass is 217 g/mol. The number of benzene rings is 1. The van der Waals surface area contributed by atoms with Crippen molar-refractivity contribution in [2.24, 2.45) is 0 Å². The van der Waals surface area contributed by atoms with Gasteiger partial charge in [-0.05, 0) is 29.3 Å². The lowest BCUT2D eigenvalue weighted by molar-refractivity contribution is 0.306. The van der Waals surface area contributed by atoms with Crippen LogP contribution in [0.5, 0.6) is 5.75 Å². The van der Waals surface area contributed by atoms with Crippen LogP contribution in [0.3, 0.4) is 0 Å². The van der Waals surface area contributed by atoms with Gasteiger partial charge in [-0.25, -0.2) is 5.10 Å². The molecule has 1 radical (unpaired) electrons. The van der Waals surface area contributed by atoms with Crippen LogP contribution in [-0.4, -0.2) is 27.2 Å². The summed E-state index contributed by atoms with van der Waals surface area (Å²) >= 11 is 0. The Labute approximate surface area is 93.8 Å². The van der Waals surface area contributed by atoms with Crippen molar-refractivity contribution in [3.05, 3.63) is 36.2 Å². The third-order valence-electron chi connectivity index (χ3n) is 2.14. The highest BCUT2D eigenvalue weighted by Gasteiger charge is 1.97. The minimum Gasteiger partial charge on any atom is -0.493 e. The highest BCUT2D eigenvalue weighted by Crippen LogP contribution is 2.08. The maximum Gasteiger partial charge on any atom is 0.148 e. The summed E-state index contributed by atoms with van der Waals surface area (Å²) in [6.45, 7) is 0.697. The van der Waals surface area contributed by atoms with Crippen molar-refractivity contribution in [3.63, 3.8) is 0 Å². The third-order valence-corrected chi connectivity index (χ3v) is 2.14. The average molecular weight is 217 g/mol. The number of nitrogens with one attached hydrogen (secondary N) is 1. The summed E-state index contributed by atoms with van der Waals surface area (Å²) in [5.41, 5.74) is 0. The first-order chi connectivity index (χ1) is 7.95. The summed E-state index contributed by atoms with van der Waals surface area (Å²) in [4.78, 5) is 0. The first-order valence-corrected chi connectivity index (χ1v) is 5.27. The molecule has 1 aromatic heterocycles. The number of aromatic amines is 1. The maximum atomic E-state index is 5.51. The molecule has 16 heavy (non-hydrogen) atoms. The quantitative estimate of drug-likeness (QED) is 0.743. The Morgan fingerprint density at radius 1 is 1.31 bits per heavy atom. The third kappa shape index (κ3) is 3.34. The fourth-order valence-corrected chi connectivity index (χ4v) is 1.33. The number of ether oxygens (including phenoxy) is 1. The van der Waals surface area contributed by atoms with Crippen LogP contribution in [-0.2, 0) is 6.42 Å². The summed E-state index contributed by atoms with van der Waals surface area (Å²) in [7, 11) is 0. The topological polar surface area (TPSA) is 63.7 Å². The molecule has 83 valence electrons. The van der Waals surface area contributed by atoms with Crippen molar-refractivity contribution in [2.75, 3.05) is 6.61 Å². The fraction of sp³-hybridized carbons (Fsp3) is 0.364. The highest BCUT2D eigenvalue weighted by molar-refractivity contribution is 5.19. The van der Waals surface area contributed by atoms with E-state index < -0.39 is 0 Å². The highest BCUT2D eigenvalue weighted by atomic mass is 16.5. The number of aryl methyl sites for hydroxylation is 1. The number of nitrogens with zero attached hydrogens (tertiary/aromatic N) is 3.